The van der Waals surface area contributed by atoms with Crippen LogP contribution in [0.4, 0.5) is 0 Å². The quantitative estimate of drug-likeness (QED) is 0.740. The van der Waals surface area contributed by atoms with Crippen molar-refractivity contribution in [2.45, 2.75) is 85.2 Å². The Hall–Kier alpha value is -0.0400. The van der Waals surface area contributed by atoms with Gasteiger partial charge in [-0.25, -0.2) is 0 Å². The highest BCUT2D eigenvalue weighted by atomic mass is 16.3. The molecule has 1 heteroatoms. The minimum Gasteiger partial charge on any atom is -0.393 e. The molecule has 2 saturated carbocycles. The molecule has 0 spiro atoms. The van der Waals surface area contributed by atoms with Gasteiger partial charge in [0.1, 0.15) is 0 Å². The maximum atomic E-state index is 10.3. The standard InChI is InChI=1S/C18H34O/c1-13(2)7-5-8-14(3)15-10-11-16-17(19)9-6-12-18(15,16)4/h13-17,19H,5-12H2,1-4H3/t14-,15?,16?,17+,18-/m1/s1. The lowest BCUT2D eigenvalue weighted by Crippen LogP contribution is -2.41. The summed E-state index contributed by atoms with van der Waals surface area (Å²) in [6.45, 7) is 9.61. The predicted octanol–water partition coefficient (Wildman–Crippen LogP) is 5.03. The maximum absolute atomic E-state index is 10.3. The molecule has 0 aliphatic heterocycles. The Morgan fingerprint density at radius 2 is 1.84 bits per heavy atom. The Kier molecular flexibility index (Phi) is 4.98. The normalized spacial score (nSPS) is 40.4. The van der Waals surface area contributed by atoms with Gasteiger partial charge in [0.2, 0.25) is 0 Å². The van der Waals surface area contributed by atoms with E-state index in [9.17, 15) is 5.11 Å². The third-order valence-electron chi connectivity index (χ3n) is 6.29. The molecule has 0 aromatic heterocycles. The van der Waals surface area contributed by atoms with E-state index < -0.39 is 0 Å². The fourth-order valence-electron chi connectivity index (χ4n) is 5.17. The molecule has 0 saturated heterocycles. The summed E-state index contributed by atoms with van der Waals surface area (Å²) in [5.41, 5.74) is 0.439. The van der Waals surface area contributed by atoms with Crippen molar-refractivity contribution in [2.75, 3.05) is 0 Å². The zero-order valence-corrected chi connectivity index (χ0v) is 13.5. The van der Waals surface area contributed by atoms with E-state index in [0.29, 0.717) is 11.3 Å². The highest BCUT2D eigenvalue weighted by molar-refractivity contribution is 5.01. The van der Waals surface area contributed by atoms with E-state index >= 15 is 0 Å². The number of aliphatic hydroxyl groups excluding tert-OH is 1. The molecule has 5 atom stereocenters. The van der Waals surface area contributed by atoms with Gasteiger partial charge < -0.3 is 5.11 Å². The van der Waals surface area contributed by atoms with E-state index in [1.165, 1.54) is 44.9 Å². The summed E-state index contributed by atoms with van der Waals surface area (Å²) in [6.07, 6.45) is 10.4. The van der Waals surface area contributed by atoms with Gasteiger partial charge in [-0.05, 0) is 54.8 Å². The largest absolute Gasteiger partial charge is 0.393 e. The molecule has 2 fully saturated rings. The summed E-state index contributed by atoms with van der Waals surface area (Å²) in [5.74, 6) is 3.15. The molecule has 0 aromatic rings. The molecule has 19 heavy (non-hydrogen) atoms. The van der Waals surface area contributed by atoms with Crippen LogP contribution in [0.15, 0.2) is 0 Å². The Labute approximate surface area is 120 Å². The molecule has 2 rings (SSSR count). The van der Waals surface area contributed by atoms with E-state index in [2.05, 4.69) is 27.7 Å². The van der Waals surface area contributed by atoms with Gasteiger partial charge in [0.15, 0.2) is 0 Å². The van der Waals surface area contributed by atoms with Gasteiger partial charge in [0.25, 0.3) is 0 Å². The molecule has 2 aliphatic rings. The van der Waals surface area contributed by atoms with E-state index in [1.54, 1.807) is 0 Å². The average Bonchev–Trinajstić information content (AvgIpc) is 2.67. The van der Waals surface area contributed by atoms with Gasteiger partial charge >= 0.3 is 0 Å². The van der Waals surface area contributed by atoms with Crippen LogP contribution in [0.3, 0.4) is 0 Å². The number of aliphatic hydroxyl groups is 1. The monoisotopic (exact) mass is 266 g/mol. The second-order valence-corrected chi connectivity index (χ2v) is 8.06. The summed E-state index contributed by atoms with van der Waals surface area (Å²) in [6, 6.07) is 0. The Morgan fingerprint density at radius 1 is 1.11 bits per heavy atom. The Balaban J connectivity index is 1.93. The average molecular weight is 266 g/mol. The van der Waals surface area contributed by atoms with Crippen molar-refractivity contribution in [3.8, 4) is 0 Å². The van der Waals surface area contributed by atoms with Gasteiger partial charge in [0.05, 0.1) is 6.10 Å². The highest BCUT2D eigenvalue weighted by Gasteiger charge is 2.51. The Morgan fingerprint density at radius 3 is 2.53 bits per heavy atom. The number of rotatable bonds is 5. The second kappa shape index (κ2) is 6.16. The van der Waals surface area contributed by atoms with E-state index in [4.69, 9.17) is 0 Å². The van der Waals surface area contributed by atoms with Crippen LogP contribution in [0.1, 0.15) is 79.1 Å². The van der Waals surface area contributed by atoms with Crippen LogP contribution in [0.5, 0.6) is 0 Å². The topological polar surface area (TPSA) is 20.2 Å². The van der Waals surface area contributed by atoms with E-state index in [0.717, 1.165) is 24.2 Å². The fourth-order valence-corrected chi connectivity index (χ4v) is 5.17. The molecule has 2 aliphatic carbocycles. The van der Waals surface area contributed by atoms with Crippen molar-refractivity contribution in [1.82, 2.24) is 0 Å². The van der Waals surface area contributed by atoms with E-state index in [-0.39, 0.29) is 6.10 Å². The summed E-state index contributed by atoms with van der Waals surface area (Å²) in [5, 5.41) is 10.3. The van der Waals surface area contributed by atoms with Crippen LogP contribution >= 0.6 is 0 Å². The minimum absolute atomic E-state index is 0.00776. The van der Waals surface area contributed by atoms with Crippen molar-refractivity contribution in [2.24, 2.45) is 29.1 Å². The smallest absolute Gasteiger partial charge is 0.0573 e. The third kappa shape index (κ3) is 3.17. The minimum atomic E-state index is -0.00776. The van der Waals surface area contributed by atoms with Gasteiger partial charge in [0, 0.05) is 0 Å². The lowest BCUT2D eigenvalue weighted by molar-refractivity contribution is -0.0278. The molecule has 1 N–H and O–H groups in total. The van der Waals surface area contributed by atoms with Crippen molar-refractivity contribution < 1.29 is 5.11 Å². The van der Waals surface area contributed by atoms with Crippen LogP contribution in [0.25, 0.3) is 0 Å². The maximum Gasteiger partial charge on any atom is 0.0573 e. The van der Waals surface area contributed by atoms with Crippen LogP contribution in [-0.4, -0.2) is 11.2 Å². The van der Waals surface area contributed by atoms with Crippen LogP contribution in [0.2, 0.25) is 0 Å². The summed E-state index contributed by atoms with van der Waals surface area (Å²) >= 11 is 0. The number of fused-ring (bicyclic) bond motifs is 1. The molecule has 0 bridgehead atoms. The zero-order chi connectivity index (χ0) is 14.0. The molecular weight excluding hydrogens is 232 g/mol. The molecule has 0 amide bonds. The second-order valence-electron chi connectivity index (χ2n) is 8.06. The summed E-state index contributed by atoms with van der Waals surface area (Å²) < 4.78 is 0. The van der Waals surface area contributed by atoms with Crippen LogP contribution in [-0.2, 0) is 0 Å². The lowest BCUT2D eigenvalue weighted by Gasteiger charge is -2.45. The van der Waals surface area contributed by atoms with Gasteiger partial charge in [-0.15, -0.1) is 0 Å². The fraction of sp³-hybridized carbons (Fsp3) is 1.00. The first kappa shape index (κ1) is 15.4. The Bertz CT molecular complexity index is 285. The summed E-state index contributed by atoms with van der Waals surface area (Å²) in [7, 11) is 0. The third-order valence-corrected chi connectivity index (χ3v) is 6.29. The lowest BCUT2D eigenvalue weighted by atomic mass is 9.61. The van der Waals surface area contributed by atoms with Gasteiger partial charge in [-0.3, -0.25) is 0 Å². The first-order valence-electron chi connectivity index (χ1n) is 8.63. The first-order valence-corrected chi connectivity index (χ1v) is 8.63. The zero-order valence-electron chi connectivity index (χ0n) is 13.5. The van der Waals surface area contributed by atoms with E-state index in [1.807, 2.05) is 0 Å². The molecule has 112 valence electrons. The van der Waals surface area contributed by atoms with Crippen molar-refractivity contribution in [1.29, 1.82) is 0 Å². The summed E-state index contributed by atoms with van der Waals surface area (Å²) in [4.78, 5) is 0. The van der Waals surface area contributed by atoms with Crippen LogP contribution < -0.4 is 0 Å². The molecular formula is C18H34O. The molecule has 0 heterocycles. The number of hydrogen-bond acceptors (Lipinski definition) is 1. The van der Waals surface area contributed by atoms with Gasteiger partial charge in [-0.2, -0.15) is 0 Å². The predicted molar refractivity (Wildman–Crippen MR) is 82.0 cm³/mol. The van der Waals surface area contributed by atoms with Crippen molar-refractivity contribution >= 4 is 0 Å². The highest BCUT2D eigenvalue weighted by Crippen LogP contribution is 2.58. The number of hydrogen-bond donors (Lipinski definition) is 1. The van der Waals surface area contributed by atoms with Crippen molar-refractivity contribution in [3.63, 3.8) is 0 Å². The molecule has 0 radical (unpaired) electrons. The first-order chi connectivity index (χ1) is 8.95. The molecule has 2 unspecified atom stereocenters. The molecule has 0 aromatic carbocycles. The van der Waals surface area contributed by atoms with Gasteiger partial charge in [-0.1, -0.05) is 53.4 Å². The molecule has 1 nitrogen and oxygen atoms in total. The SMILES string of the molecule is CC(C)CCC[C@@H](C)C1CCC2[C@@H](O)CCC[C@]12C. The van der Waals surface area contributed by atoms with Crippen LogP contribution in [0, 0.1) is 29.1 Å². The van der Waals surface area contributed by atoms with Crippen molar-refractivity contribution in [3.05, 3.63) is 0 Å².